The van der Waals surface area contributed by atoms with Gasteiger partial charge in [0.25, 0.3) is 0 Å². The van der Waals surface area contributed by atoms with Crippen LogP contribution in [0, 0.1) is 5.82 Å². The maximum absolute atomic E-state index is 14.0. The molecule has 0 aliphatic carbocycles. The van der Waals surface area contributed by atoms with E-state index in [2.05, 4.69) is 5.32 Å². The summed E-state index contributed by atoms with van der Waals surface area (Å²) in [5.74, 6) is -0.312. The van der Waals surface area contributed by atoms with E-state index in [0.717, 1.165) is 19.4 Å². The lowest BCUT2D eigenvalue weighted by Gasteiger charge is -2.17. The molecule has 0 radical (unpaired) electrons. The van der Waals surface area contributed by atoms with Gasteiger partial charge in [-0.1, -0.05) is 0 Å². The van der Waals surface area contributed by atoms with Gasteiger partial charge >= 0.3 is 0 Å². The predicted octanol–water partition coefficient (Wildman–Crippen LogP) is 1.84. The summed E-state index contributed by atoms with van der Waals surface area (Å²) >= 11 is 0. The van der Waals surface area contributed by atoms with Gasteiger partial charge in [-0.05, 0) is 25.8 Å². The molecule has 5 heteroatoms. The molecule has 1 saturated heterocycles. The van der Waals surface area contributed by atoms with Crippen LogP contribution in [-0.4, -0.2) is 31.9 Å². The average molecular weight is 255 g/mol. The standard InChI is InChI=1S/C13H18FNO3/c1-17-11-7-10(16)12(14)9(13(11)18-2)6-8-4-3-5-15-8/h7-8,15-16H,3-6H2,1-2H3. The molecule has 0 spiro atoms. The van der Waals surface area contributed by atoms with Crippen LogP contribution in [0.2, 0.25) is 0 Å². The number of phenolic OH excluding ortho intramolecular Hbond substituents is 1. The number of halogens is 1. The zero-order chi connectivity index (χ0) is 13.1. The molecule has 0 amide bonds. The fraction of sp³-hybridized carbons (Fsp3) is 0.538. The molecule has 1 aromatic carbocycles. The van der Waals surface area contributed by atoms with Gasteiger partial charge in [0.15, 0.2) is 23.1 Å². The summed E-state index contributed by atoms with van der Waals surface area (Å²) in [4.78, 5) is 0. The van der Waals surface area contributed by atoms with Crippen LogP contribution in [0.15, 0.2) is 6.07 Å². The van der Waals surface area contributed by atoms with Crippen LogP contribution in [0.5, 0.6) is 17.2 Å². The zero-order valence-electron chi connectivity index (χ0n) is 10.6. The van der Waals surface area contributed by atoms with Crippen LogP contribution in [0.3, 0.4) is 0 Å². The summed E-state index contributed by atoms with van der Waals surface area (Å²) in [7, 11) is 2.94. The van der Waals surface area contributed by atoms with E-state index >= 15 is 0 Å². The number of nitrogens with one attached hydrogen (secondary N) is 1. The summed E-state index contributed by atoms with van der Waals surface area (Å²) in [6, 6.07) is 1.46. The quantitative estimate of drug-likeness (QED) is 0.862. The van der Waals surface area contributed by atoms with Crippen LogP contribution < -0.4 is 14.8 Å². The fourth-order valence-electron chi connectivity index (χ4n) is 2.39. The molecule has 100 valence electrons. The molecule has 1 fully saturated rings. The normalized spacial score (nSPS) is 18.9. The highest BCUT2D eigenvalue weighted by Gasteiger charge is 2.24. The third-order valence-corrected chi connectivity index (χ3v) is 3.29. The van der Waals surface area contributed by atoms with E-state index < -0.39 is 11.6 Å². The zero-order valence-corrected chi connectivity index (χ0v) is 10.6. The lowest BCUT2D eigenvalue weighted by molar-refractivity contribution is 0.338. The highest BCUT2D eigenvalue weighted by atomic mass is 19.1. The Morgan fingerprint density at radius 3 is 2.78 bits per heavy atom. The molecule has 1 aliphatic heterocycles. The molecular weight excluding hydrogens is 237 g/mol. The van der Waals surface area contributed by atoms with Gasteiger partial charge in [-0.3, -0.25) is 0 Å². The van der Waals surface area contributed by atoms with E-state index in [1.54, 1.807) is 0 Å². The SMILES string of the molecule is COc1cc(O)c(F)c(CC2CCCN2)c1OC. The molecule has 1 atom stereocenters. The van der Waals surface area contributed by atoms with Gasteiger partial charge in [0, 0.05) is 17.7 Å². The Morgan fingerprint density at radius 2 is 2.22 bits per heavy atom. The molecule has 1 aromatic rings. The second kappa shape index (κ2) is 5.44. The van der Waals surface area contributed by atoms with E-state index in [-0.39, 0.29) is 6.04 Å². The Labute approximate surface area is 106 Å². The first-order valence-electron chi connectivity index (χ1n) is 6.03. The third kappa shape index (κ3) is 2.36. The van der Waals surface area contributed by atoms with Crippen molar-refractivity contribution in [1.82, 2.24) is 5.32 Å². The Morgan fingerprint density at radius 1 is 1.44 bits per heavy atom. The van der Waals surface area contributed by atoms with Crippen molar-refractivity contribution in [2.45, 2.75) is 25.3 Å². The summed E-state index contributed by atoms with van der Waals surface area (Å²) in [6.45, 7) is 0.949. The maximum Gasteiger partial charge on any atom is 0.172 e. The van der Waals surface area contributed by atoms with Crippen LogP contribution in [0.1, 0.15) is 18.4 Å². The van der Waals surface area contributed by atoms with Crippen molar-refractivity contribution in [2.24, 2.45) is 0 Å². The minimum atomic E-state index is -0.624. The molecule has 2 rings (SSSR count). The number of methoxy groups -OCH3 is 2. The van der Waals surface area contributed by atoms with Crippen LogP contribution in [0.4, 0.5) is 4.39 Å². The van der Waals surface area contributed by atoms with Gasteiger partial charge in [0.2, 0.25) is 0 Å². The van der Waals surface area contributed by atoms with E-state index in [1.807, 2.05) is 0 Å². The van der Waals surface area contributed by atoms with Crippen molar-refractivity contribution in [3.05, 3.63) is 17.4 Å². The maximum atomic E-state index is 14.0. The van der Waals surface area contributed by atoms with E-state index in [9.17, 15) is 9.50 Å². The van der Waals surface area contributed by atoms with Gasteiger partial charge < -0.3 is 19.9 Å². The number of ether oxygens (including phenoxy) is 2. The monoisotopic (exact) mass is 255 g/mol. The van der Waals surface area contributed by atoms with Gasteiger partial charge in [-0.15, -0.1) is 0 Å². The van der Waals surface area contributed by atoms with Crippen LogP contribution in [0.25, 0.3) is 0 Å². The molecular formula is C13H18FNO3. The van der Waals surface area contributed by atoms with Crippen LogP contribution in [-0.2, 0) is 6.42 Å². The molecule has 4 nitrogen and oxygen atoms in total. The van der Waals surface area contributed by atoms with Crippen molar-refractivity contribution in [3.63, 3.8) is 0 Å². The van der Waals surface area contributed by atoms with Crippen molar-refractivity contribution in [1.29, 1.82) is 0 Å². The smallest absolute Gasteiger partial charge is 0.172 e. The topological polar surface area (TPSA) is 50.7 Å². The molecule has 1 unspecified atom stereocenters. The average Bonchev–Trinajstić information content (AvgIpc) is 2.87. The first-order chi connectivity index (χ1) is 8.67. The number of hydrogen-bond acceptors (Lipinski definition) is 4. The molecule has 0 saturated carbocycles. The Kier molecular flexibility index (Phi) is 3.91. The Balaban J connectivity index is 2.38. The minimum Gasteiger partial charge on any atom is -0.505 e. The van der Waals surface area contributed by atoms with Crippen molar-refractivity contribution >= 4 is 0 Å². The first-order valence-corrected chi connectivity index (χ1v) is 6.03. The molecule has 1 aliphatic rings. The largest absolute Gasteiger partial charge is 0.505 e. The van der Waals surface area contributed by atoms with Gasteiger partial charge in [0.05, 0.1) is 14.2 Å². The summed E-state index contributed by atoms with van der Waals surface area (Å²) in [5, 5.41) is 12.9. The highest BCUT2D eigenvalue weighted by molar-refractivity contribution is 5.52. The fourth-order valence-corrected chi connectivity index (χ4v) is 2.39. The molecule has 1 heterocycles. The second-order valence-electron chi connectivity index (χ2n) is 4.42. The number of hydrogen-bond donors (Lipinski definition) is 2. The Bertz CT molecular complexity index is 431. The summed E-state index contributed by atoms with van der Waals surface area (Å²) in [5.41, 5.74) is 0.369. The third-order valence-electron chi connectivity index (χ3n) is 3.29. The molecule has 0 bridgehead atoms. The first kappa shape index (κ1) is 13.0. The Hall–Kier alpha value is -1.49. The van der Waals surface area contributed by atoms with E-state index in [4.69, 9.17) is 9.47 Å². The number of aromatic hydroxyl groups is 1. The van der Waals surface area contributed by atoms with Gasteiger partial charge in [-0.2, -0.15) is 0 Å². The number of rotatable bonds is 4. The number of phenols is 1. The molecule has 18 heavy (non-hydrogen) atoms. The minimum absolute atomic E-state index is 0.222. The lowest BCUT2D eigenvalue weighted by Crippen LogP contribution is -2.24. The summed E-state index contributed by atoms with van der Waals surface area (Å²) < 4.78 is 24.3. The van der Waals surface area contributed by atoms with Gasteiger partial charge in [-0.25, -0.2) is 4.39 Å². The summed E-state index contributed by atoms with van der Waals surface area (Å²) in [6.07, 6.45) is 2.57. The second-order valence-corrected chi connectivity index (χ2v) is 4.42. The van der Waals surface area contributed by atoms with E-state index in [1.165, 1.54) is 20.3 Å². The van der Waals surface area contributed by atoms with E-state index in [0.29, 0.717) is 23.5 Å². The van der Waals surface area contributed by atoms with Gasteiger partial charge in [0.1, 0.15) is 0 Å². The predicted molar refractivity (Wildman–Crippen MR) is 65.9 cm³/mol. The molecule has 2 N–H and O–H groups in total. The van der Waals surface area contributed by atoms with Crippen molar-refractivity contribution in [3.8, 4) is 17.2 Å². The lowest BCUT2D eigenvalue weighted by atomic mass is 10.0. The van der Waals surface area contributed by atoms with Crippen molar-refractivity contribution < 1.29 is 19.0 Å². The molecule has 0 aromatic heterocycles. The highest BCUT2D eigenvalue weighted by Crippen LogP contribution is 2.39. The van der Waals surface area contributed by atoms with Crippen molar-refractivity contribution in [2.75, 3.05) is 20.8 Å². The number of benzene rings is 1. The van der Waals surface area contributed by atoms with Crippen LogP contribution >= 0.6 is 0 Å².